The number of hydrogen-bond donors (Lipinski definition) is 0. The minimum Gasteiger partial charge on any atom is -0.213 e. The van der Waals surface area contributed by atoms with Gasteiger partial charge in [-0.1, -0.05) is 89.4 Å². The Balaban J connectivity index is 3.10. The average molecular weight is 386 g/mol. The van der Waals surface area contributed by atoms with Gasteiger partial charge in [-0.15, -0.1) is 0 Å². The van der Waals surface area contributed by atoms with Gasteiger partial charge in [0.05, 0.1) is 0 Å². The van der Waals surface area contributed by atoms with Gasteiger partial charge in [0.25, 0.3) is 0 Å². The maximum absolute atomic E-state index is 5.76. The van der Waals surface area contributed by atoms with Crippen LogP contribution in [0.4, 0.5) is 0 Å². The molecule has 0 spiro atoms. The van der Waals surface area contributed by atoms with Gasteiger partial charge in [-0.25, -0.2) is 15.0 Å². The Morgan fingerprint density at radius 3 is 1.63 bits per heavy atom. The molecule has 0 saturated carbocycles. The highest BCUT2D eigenvalue weighted by molar-refractivity contribution is 6.67. The van der Waals surface area contributed by atoms with Crippen molar-refractivity contribution in [3.63, 3.8) is 0 Å². The van der Waals surface area contributed by atoms with Crippen LogP contribution in [0.25, 0.3) is 0 Å². The summed E-state index contributed by atoms with van der Waals surface area (Å²) in [6.45, 7) is 2.09. The second-order valence-electron chi connectivity index (χ2n) is 3.85. The Morgan fingerprint density at radius 2 is 1.26 bits per heavy atom. The largest absolute Gasteiger partial charge is 0.250 e. The minimum absolute atomic E-state index is 0.0414. The summed E-state index contributed by atoms with van der Waals surface area (Å²) in [5.74, 6) is 0.367. The van der Waals surface area contributed by atoms with E-state index in [9.17, 15) is 0 Å². The molecule has 108 valence electrons. The highest BCUT2D eigenvalue weighted by atomic mass is 35.6. The van der Waals surface area contributed by atoms with Crippen molar-refractivity contribution in [1.29, 1.82) is 0 Å². The summed E-state index contributed by atoms with van der Waals surface area (Å²) < 4.78 is -3.57. The molecule has 1 heterocycles. The van der Waals surface area contributed by atoms with Gasteiger partial charge in [0, 0.05) is 6.42 Å². The van der Waals surface area contributed by atoms with Crippen molar-refractivity contribution in [2.75, 3.05) is 0 Å². The zero-order chi connectivity index (χ0) is 14.7. The van der Waals surface area contributed by atoms with Crippen LogP contribution in [-0.4, -0.2) is 15.0 Å². The Bertz CT molecular complexity index is 394. The van der Waals surface area contributed by atoms with Crippen LogP contribution in [0.5, 0.6) is 0 Å². The number of aryl methyl sites for hydroxylation is 1. The maximum atomic E-state index is 5.76. The van der Waals surface area contributed by atoms with Crippen molar-refractivity contribution in [2.24, 2.45) is 0 Å². The molecule has 1 rings (SSSR count). The van der Waals surface area contributed by atoms with Gasteiger partial charge < -0.3 is 0 Å². The van der Waals surface area contributed by atoms with E-state index in [-0.39, 0.29) is 11.6 Å². The Kier molecular flexibility index (Phi) is 6.70. The predicted molar refractivity (Wildman–Crippen MR) is 81.5 cm³/mol. The molecule has 0 aliphatic heterocycles. The van der Waals surface area contributed by atoms with E-state index in [0.29, 0.717) is 12.2 Å². The molecule has 3 nitrogen and oxygen atoms in total. The van der Waals surface area contributed by atoms with Crippen LogP contribution in [0.1, 0.15) is 43.7 Å². The zero-order valence-corrected chi connectivity index (χ0v) is 14.5. The minimum atomic E-state index is -1.78. The van der Waals surface area contributed by atoms with Crippen molar-refractivity contribution < 1.29 is 0 Å². The van der Waals surface area contributed by atoms with Crippen LogP contribution in [0, 0.1) is 0 Å². The summed E-state index contributed by atoms with van der Waals surface area (Å²) in [5, 5.41) is 0. The van der Waals surface area contributed by atoms with E-state index in [4.69, 9.17) is 69.6 Å². The Hall–Kier alpha value is 0.750. The first-order chi connectivity index (χ1) is 8.64. The van der Waals surface area contributed by atoms with Crippen molar-refractivity contribution in [2.45, 2.75) is 40.2 Å². The molecule has 1 aromatic heterocycles. The standard InChI is InChI=1S/C10H11Cl6N3/c1-2-3-4-5-6-17-7(9(11,12)13)19-8(18-6)10(14,15)16/h2-5H2,1H3. The molecule has 0 amide bonds. The summed E-state index contributed by atoms with van der Waals surface area (Å²) in [6, 6.07) is 0. The summed E-state index contributed by atoms with van der Waals surface area (Å²) in [6.07, 6.45) is 3.62. The molecule has 1 aromatic rings. The lowest BCUT2D eigenvalue weighted by Crippen LogP contribution is -2.18. The molecule has 0 aliphatic rings. The van der Waals surface area contributed by atoms with Crippen LogP contribution < -0.4 is 0 Å². The number of halogens is 6. The van der Waals surface area contributed by atoms with E-state index in [1.54, 1.807) is 0 Å². The predicted octanol–water partition coefficient (Wildman–Crippen LogP) is 5.26. The zero-order valence-electron chi connectivity index (χ0n) is 9.94. The van der Waals surface area contributed by atoms with E-state index in [1.807, 2.05) is 0 Å². The lowest BCUT2D eigenvalue weighted by Gasteiger charge is -2.15. The van der Waals surface area contributed by atoms with E-state index >= 15 is 0 Å². The lowest BCUT2D eigenvalue weighted by atomic mass is 10.2. The molecular weight excluding hydrogens is 375 g/mol. The van der Waals surface area contributed by atoms with Gasteiger partial charge in [0.2, 0.25) is 7.59 Å². The average Bonchev–Trinajstić information content (AvgIpc) is 2.27. The van der Waals surface area contributed by atoms with Crippen LogP contribution in [0.15, 0.2) is 0 Å². The smallest absolute Gasteiger partial charge is 0.213 e. The van der Waals surface area contributed by atoms with Gasteiger partial charge in [0.15, 0.2) is 11.6 Å². The highest BCUT2D eigenvalue weighted by Gasteiger charge is 2.33. The van der Waals surface area contributed by atoms with Gasteiger partial charge in [-0.05, 0) is 6.42 Å². The first kappa shape index (κ1) is 17.8. The summed E-state index contributed by atoms with van der Waals surface area (Å²) >= 11 is 34.6. The first-order valence-corrected chi connectivity index (χ1v) is 7.80. The second kappa shape index (κ2) is 7.15. The molecule has 0 radical (unpaired) electrons. The van der Waals surface area contributed by atoms with Crippen LogP contribution in [-0.2, 0) is 14.0 Å². The molecule has 19 heavy (non-hydrogen) atoms. The van der Waals surface area contributed by atoms with Gasteiger partial charge in [0.1, 0.15) is 5.82 Å². The quantitative estimate of drug-likeness (QED) is 0.524. The number of aromatic nitrogens is 3. The van der Waals surface area contributed by atoms with Gasteiger partial charge in [-0.3, -0.25) is 0 Å². The monoisotopic (exact) mass is 383 g/mol. The van der Waals surface area contributed by atoms with Gasteiger partial charge >= 0.3 is 0 Å². The molecule has 0 N–H and O–H groups in total. The fraction of sp³-hybridized carbons (Fsp3) is 0.700. The summed E-state index contributed by atoms with van der Waals surface area (Å²) in [5.41, 5.74) is 0. The number of rotatable bonds is 4. The fourth-order valence-electron chi connectivity index (χ4n) is 1.32. The second-order valence-corrected chi connectivity index (χ2v) is 8.41. The molecule has 0 aliphatic carbocycles. The summed E-state index contributed by atoms with van der Waals surface area (Å²) in [7, 11) is 0. The van der Waals surface area contributed by atoms with E-state index in [1.165, 1.54) is 0 Å². The normalized spacial score (nSPS) is 12.8. The van der Waals surface area contributed by atoms with E-state index < -0.39 is 7.59 Å². The van der Waals surface area contributed by atoms with Crippen molar-refractivity contribution in [3.8, 4) is 0 Å². The molecule has 0 bridgehead atoms. The third-order valence-electron chi connectivity index (χ3n) is 2.19. The maximum Gasteiger partial charge on any atom is 0.250 e. The van der Waals surface area contributed by atoms with Crippen LogP contribution >= 0.6 is 69.6 Å². The molecule has 0 aromatic carbocycles. The third-order valence-corrected chi connectivity index (χ3v) is 3.21. The topological polar surface area (TPSA) is 38.7 Å². The molecule has 9 heteroatoms. The third kappa shape index (κ3) is 5.94. The van der Waals surface area contributed by atoms with E-state index in [2.05, 4.69) is 21.9 Å². The Labute approximate surface area is 141 Å². The number of nitrogens with zero attached hydrogens (tertiary/aromatic N) is 3. The van der Waals surface area contributed by atoms with Crippen molar-refractivity contribution in [3.05, 3.63) is 17.5 Å². The number of unbranched alkanes of at least 4 members (excludes halogenated alkanes) is 2. The van der Waals surface area contributed by atoms with Crippen LogP contribution in [0.2, 0.25) is 0 Å². The molecular formula is C10H11Cl6N3. The number of alkyl halides is 6. The summed E-state index contributed by atoms with van der Waals surface area (Å²) in [4.78, 5) is 12.1. The number of hydrogen-bond acceptors (Lipinski definition) is 3. The molecule has 0 unspecified atom stereocenters. The molecule has 0 fully saturated rings. The lowest BCUT2D eigenvalue weighted by molar-refractivity contribution is 0.674. The Morgan fingerprint density at radius 1 is 0.789 bits per heavy atom. The fourth-order valence-corrected chi connectivity index (χ4v) is 1.83. The van der Waals surface area contributed by atoms with E-state index in [0.717, 1.165) is 19.3 Å². The van der Waals surface area contributed by atoms with Crippen molar-refractivity contribution >= 4 is 69.6 Å². The van der Waals surface area contributed by atoms with Gasteiger partial charge in [-0.2, -0.15) is 0 Å². The SMILES string of the molecule is CCCCCc1nc(C(Cl)(Cl)Cl)nc(C(Cl)(Cl)Cl)n1. The molecule has 0 atom stereocenters. The van der Waals surface area contributed by atoms with Crippen molar-refractivity contribution in [1.82, 2.24) is 15.0 Å². The molecule has 0 saturated heterocycles. The van der Waals surface area contributed by atoms with Crippen LogP contribution in [0.3, 0.4) is 0 Å². The highest BCUT2D eigenvalue weighted by Crippen LogP contribution is 2.39. The first-order valence-electron chi connectivity index (χ1n) is 5.54.